The summed E-state index contributed by atoms with van der Waals surface area (Å²) in [5.41, 5.74) is 4.60. The van der Waals surface area contributed by atoms with Crippen molar-refractivity contribution in [3.63, 3.8) is 0 Å². The summed E-state index contributed by atoms with van der Waals surface area (Å²) < 4.78 is 1.84. The van der Waals surface area contributed by atoms with Gasteiger partial charge in [-0.15, -0.1) is 11.8 Å². The Hall–Kier alpha value is -3.06. The molecular weight excluding hydrogens is 464 g/mol. The van der Waals surface area contributed by atoms with Crippen molar-refractivity contribution < 1.29 is 0 Å². The minimum atomic E-state index is 0.00177. The first-order chi connectivity index (χ1) is 16.6. The number of H-pyrrole nitrogens is 1. The number of aromatic nitrogens is 3. The second-order valence-electron chi connectivity index (χ2n) is 8.20. The molecule has 0 amide bonds. The molecule has 7 heteroatoms. The van der Waals surface area contributed by atoms with Gasteiger partial charge in [-0.05, 0) is 53.6 Å². The molecule has 172 valence electrons. The maximum absolute atomic E-state index is 13.5. The number of hydrogen-bond donors (Lipinski definition) is 2. The molecule has 2 aromatic heterocycles. The number of pyridine rings is 1. The molecule has 0 fully saturated rings. The maximum Gasteiger partial charge on any atom is 0.255 e. The van der Waals surface area contributed by atoms with Gasteiger partial charge in [0.25, 0.3) is 5.56 Å². The number of benzene rings is 3. The van der Waals surface area contributed by atoms with Gasteiger partial charge in [0.2, 0.25) is 0 Å². The van der Waals surface area contributed by atoms with Crippen molar-refractivity contribution in [1.29, 1.82) is 0 Å². The van der Waals surface area contributed by atoms with Gasteiger partial charge >= 0.3 is 0 Å². The summed E-state index contributed by atoms with van der Waals surface area (Å²) in [5, 5.41) is 5.13. The monoisotopic (exact) mass is 488 g/mol. The standard InChI is InChI=1S/C27H25ClN4OS/c1-34-21-11-10-18-14-20(16-29-13-12-26-30-23-8-4-5-9-24(23)31-26)27(33)32(25(18)15-21)17-19-6-2-3-7-22(19)28/h2-11,14-15,29H,12-13,16-17H2,1H3,(H,30,31). The fourth-order valence-electron chi connectivity index (χ4n) is 4.17. The van der Waals surface area contributed by atoms with E-state index < -0.39 is 0 Å². The topological polar surface area (TPSA) is 62.7 Å². The Morgan fingerprint density at radius 2 is 1.85 bits per heavy atom. The Kier molecular flexibility index (Phi) is 6.72. The molecule has 0 unspecified atom stereocenters. The molecule has 34 heavy (non-hydrogen) atoms. The van der Waals surface area contributed by atoms with Crippen LogP contribution in [0.2, 0.25) is 5.02 Å². The smallest absolute Gasteiger partial charge is 0.255 e. The van der Waals surface area contributed by atoms with E-state index in [0.717, 1.165) is 50.2 Å². The fourth-order valence-corrected chi connectivity index (χ4v) is 4.80. The predicted molar refractivity (Wildman–Crippen MR) is 142 cm³/mol. The summed E-state index contributed by atoms with van der Waals surface area (Å²) in [5.74, 6) is 0.938. The van der Waals surface area contributed by atoms with Crippen LogP contribution >= 0.6 is 23.4 Å². The minimum Gasteiger partial charge on any atom is -0.342 e. The van der Waals surface area contributed by atoms with Crippen molar-refractivity contribution >= 4 is 45.3 Å². The van der Waals surface area contributed by atoms with Crippen molar-refractivity contribution in [3.05, 3.63) is 105 Å². The molecule has 5 nitrogen and oxygen atoms in total. The molecule has 5 aromatic rings. The summed E-state index contributed by atoms with van der Waals surface area (Å²) >= 11 is 8.09. The third kappa shape index (κ3) is 4.75. The van der Waals surface area contributed by atoms with Crippen molar-refractivity contribution in [2.24, 2.45) is 0 Å². The van der Waals surface area contributed by atoms with E-state index in [0.29, 0.717) is 24.7 Å². The van der Waals surface area contributed by atoms with Gasteiger partial charge in [0.15, 0.2) is 0 Å². The van der Waals surface area contributed by atoms with Crippen molar-refractivity contribution in [2.45, 2.75) is 24.4 Å². The molecule has 0 aliphatic heterocycles. The van der Waals surface area contributed by atoms with Crippen LogP contribution in [-0.4, -0.2) is 27.3 Å². The number of halogens is 1. The summed E-state index contributed by atoms with van der Waals surface area (Å²) in [6.07, 6.45) is 2.80. The van der Waals surface area contributed by atoms with E-state index in [1.807, 2.05) is 65.4 Å². The average molecular weight is 489 g/mol. The molecule has 3 aromatic carbocycles. The van der Waals surface area contributed by atoms with Crippen LogP contribution in [0.15, 0.2) is 82.5 Å². The fraction of sp³-hybridized carbons (Fsp3) is 0.185. The van der Waals surface area contributed by atoms with Gasteiger partial charge in [0, 0.05) is 35.0 Å². The molecule has 5 rings (SSSR count). The summed E-state index contributed by atoms with van der Waals surface area (Å²) in [6.45, 7) is 1.63. The SMILES string of the molecule is CSc1ccc2cc(CNCCc3nc4ccccc4[nH]3)c(=O)n(Cc3ccccc3Cl)c2c1. The second kappa shape index (κ2) is 10.1. The van der Waals surface area contributed by atoms with E-state index in [4.69, 9.17) is 11.6 Å². The molecule has 2 heterocycles. The van der Waals surface area contributed by atoms with Crippen LogP contribution in [0.3, 0.4) is 0 Å². The zero-order valence-corrected chi connectivity index (χ0v) is 20.4. The number of thioether (sulfide) groups is 1. The van der Waals surface area contributed by atoms with Gasteiger partial charge in [-0.1, -0.05) is 48.0 Å². The van der Waals surface area contributed by atoms with E-state index >= 15 is 0 Å². The number of aromatic amines is 1. The normalized spacial score (nSPS) is 11.5. The quantitative estimate of drug-likeness (QED) is 0.219. The van der Waals surface area contributed by atoms with Gasteiger partial charge < -0.3 is 14.9 Å². The highest BCUT2D eigenvalue weighted by Crippen LogP contribution is 2.24. The first kappa shape index (κ1) is 22.7. The van der Waals surface area contributed by atoms with Crippen LogP contribution in [0.1, 0.15) is 17.0 Å². The van der Waals surface area contributed by atoms with Crippen molar-refractivity contribution in [2.75, 3.05) is 12.8 Å². The highest BCUT2D eigenvalue weighted by atomic mass is 35.5. The second-order valence-corrected chi connectivity index (χ2v) is 9.49. The van der Waals surface area contributed by atoms with Gasteiger partial charge in [-0.3, -0.25) is 4.79 Å². The van der Waals surface area contributed by atoms with E-state index in [9.17, 15) is 4.79 Å². The van der Waals surface area contributed by atoms with Crippen LogP contribution < -0.4 is 10.9 Å². The number of para-hydroxylation sites is 2. The van der Waals surface area contributed by atoms with Crippen molar-refractivity contribution in [3.8, 4) is 0 Å². The molecular formula is C27H25ClN4OS. The summed E-state index contributed by atoms with van der Waals surface area (Å²) in [6, 6.07) is 24.0. The molecule has 2 N–H and O–H groups in total. The van der Waals surface area contributed by atoms with E-state index in [-0.39, 0.29) is 5.56 Å². The minimum absolute atomic E-state index is 0.00177. The lowest BCUT2D eigenvalue weighted by molar-refractivity contribution is 0.662. The number of nitrogens with zero attached hydrogens (tertiary/aromatic N) is 2. The number of imidazole rings is 1. The number of fused-ring (bicyclic) bond motifs is 2. The first-order valence-electron chi connectivity index (χ1n) is 11.2. The number of hydrogen-bond acceptors (Lipinski definition) is 4. The lowest BCUT2D eigenvalue weighted by Gasteiger charge is -2.15. The summed E-state index contributed by atoms with van der Waals surface area (Å²) in [7, 11) is 0. The van der Waals surface area contributed by atoms with Crippen molar-refractivity contribution in [1.82, 2.24) is 19.9 Å². The Morgan fingerprint density at radius 1 is 1.03 bits per heavy atom. The highest BCUT2D eigenvalue weighted by Gasteiger charge is 2.12. The number of rotatable bonds is 8. The van der Waals surface area contributed by atoms with E-state index in [2.05, 4.69) is 33.5 Å². The Balaban J connectivity index is 1.39. The molecule has 0 radical (unpaired) electrons. The molecule has 0 saturated heterocycles. The largest absolute Gasteiger partial charge is 0.342 e. The molecule has 0 bridgehead atoms. The maximum atomic E-state index is 13.5. The average Bonchev–Trinajstić information content (AvgIpc) is 3.28. The third-order valence-corrected chi connectivity index (χ3v) is 7.05. The Morgan fingerprint density at radius 3 is 2.68 bits per heavy atom. The predicted octanol–water partition coefficient (Wildman–Crippen LogP) is 5.63. The van der Waals surface area contributed by atoms with Gasteiger partial charge in [-0.25, -0.2) is 4.98 Å². The number of nitrogens with one attached hydrogen (secondary N) is 2. The molecule has 0 aliphatic rings. The Labute approximate surface area is 207 Å². The zero-order valence-electron chi connectivity index (χ0n) is 18.8. The molecule has 0 atom stereocenters. The first-order valence-corrected chi connectivity index (χ1v) is 12.8. The van der Waals surface area contributed by atoms with Gasteiger partial charge in [0.1, 0.15) is 5.82 Å². The third-order valence-electron chi connectivity index (χ3n) is 5.96. The lowest BCUT2D eigenvalue weighted by Crippen LogP contribution is -2.29. The highest BCUT2D eigenvalue weighted by molar-refractivity contribution is 7.98. The molecule has 0 aliphatic carbocycles. The van der Waals surface area contributed by atoms with Crippen LogP contribution in [0.5, 0.6) is 0 Å². The molecule has 0 spiro atoms. The lowest BCUT2D eigenvalue weighted by atomic mass is 10.1. The summed E-state index contributed by atoms with van der Waals surface area (Å²) in [4.78, 5) is 22.6. The van der Waals surface area contributed by atoms with E-state index in [1.165, 1.54) is 0 Å². The van der Waals surface area contributed by atoms with Crippen LogP contribution in [-0.2, 0) is 19.5 Å². The molecule has 0 saturated carbocycles. The van der Waals surface area contributed by atoms with Crippen LogP contribution in [0.4, 0.5) is 0 Å². The van der Waals surface area contributed by atoms with Gasteiger partial charge in [-0.2, -0.15) is 0 Å². The van der Waals surface area contributed by atoms with E-state index in [1.54, 1.807) is 11.8 Å². The van der Waals surface area contributed by atoms with Gasteiger partial charge in [0.05, 0.1) is 23.1 Å². The van der Waals surface area contributed by atoms with Crippen LogP contribution in [0.25, 0.3) is 21.9 Å². The van der Waals surface area contributed by atoms with Crippen LogP contribution in [0, 0.1) is 0 Å². The zero-order chi connectivity index (χ0) is 23.5. The Bertz CT molecular complexity index is 1490.